The summed E-state index contributed by atoms with van der Waals surface area (Å²) in [5.74, 6) is 0.715. The van der Waals surface area contributed by atoms with Crippen LogP contribution in [0.25, 0.3) is 16.9 Å². The van der Waals surface area contributed by atoms with Crippen LogP contribution < -0.4 is 4.74 Å². The minimum Gasteiger partial charge on any atom is -0.496 e. The smallest absolute Gasteiger partial charge is 0.274 e. The number of carbonyl (C=O) groups is 1. The van der Waals surface area contributed by atoms with Crippen LogP contribution in [-0.4, -0.2) is 48.5 Å². The van der Waals surface area contributed by atoms with Crippen LogP contribution >= 0.6 is 0 Å². The SMILES string of the molecule is COc1ccccc1-c1cc2ncc3c(n2n1)CC1CCC3N1C(=O)c1cnc(C)cn1. The van der Waals surface area contributed by atoms with Crippen LogP contribution in [0.2, 0.25) is 0 Å². The Labute approximate surface area is 184 Å². The highest BCUT2D eigenvalue weighted by Gasteiger charge is 2.44. The number of para-hydroxylation sites is 1. The minimum absolute atomic E-state index is 0.0184. The second-order valence-electron chi connectivity index (χ2n) is 8.37. The van der Waals surface area contributed by atoms with Gasteiger partial charge in [0.15, 0.2) is 5.65 Å². The first-order valence-corrected chi connectivity index (χ1v) is 10.8. The van der Waals surface area contributed by atoms with Crippen LogP contribution in [0, 0.1) is 6.92 Å². The summed E-state index contributed by atoms with van der Waals surface area (Å²) in [7, 11) is 1.66. The monoisotopic (exact) mass is 426 g/mol. The summed E-state index contributed by atoms with van der Waals surface area (Å²) in [5.41, 5.74) is 5.93. The largest absolute Gasteiger partial charge is 0.496 e. The molecule has 0 aliphatic carbocycles. The minimum atomic E-state index is -0.0640. The number of amides is 1. The molecule has 1 saturated heterocycles. The molecule has 1 fully saturated rings. The van der Waals surface area contributed by atoms with Crippen molar-refractivity contribution in [1.29, 1.82) is 0 Å². The Hall–Kier alpha value is -3.81. The van der Waals surface area contributed by atoms with Gasteiger partial charge in [0.25, 0.3) is 5.91 Å². The molecule has 0 radical (unpaired) electrons. The molecule has 160 valence electrons. The fourth-order valence-corrected chi connectivity index (χ4v) is 5.02. The topological polar surface area (TPSA) is 85.5 Å². The lowest BCUT2D eigenvalue weighted by atomic mass is 9.98. The first kappa shape index (κ1) is 18.9. The van der Waals surface area contributed by atoms with Crippen molar-refractivity contribution in [2.75, 3.05) is 7.11 Å². The van der Waals surface area contributed by atoms with Gasteiger partial charge in [0.1, 0.15) is 11.4 Å². The van der Waals surface area contributed by atoms with Crippen LogP contribution in [0.3, 0.4) is 0 Å². The zero-order valence-corrected chi connectivity index (χ0v) is 17.9. The number of methoxy groups -OCH3 is 1. The van der Waals surface area contributed by atoms with E-state index in [4.69, 9.17) is 9.84 Å². The van der Waals surface area contributed by atoms with Crippen molar-refractivity contribution in [3.05, 3.63) is 71.6 Å². The number of fused-ring (bicyclic) bond motifs is 6. The second kappa shape index (κ2) is 7.12. The number of nitrogens with zero attached hydrogens (tertiary/aromatic N) is 6. The Morgan fingerprint density at radius 1 is 1.09 bits per heavy atom. The normalized spacial score (nSPS) is 19.2. The maximum Gasteiger partial charge on any atom is 0.274 e. The van der Waals surface area contributed by atoms with Gasteiger partial charge in [-0.15, -0.1) is 0 Å². The third kappa shape index (κ3) is 2.79. The third-order valence-electron chi connectivity index (χ3n) is 6.52. The molecule has 2 atom stereocenters. The molecule has 8 nitrogen and oxygen atoms in total. The van der Waals surface area contributed by atoms with E-state index in [0.717, 1.165) is 58.9 Å². The van der Waals surface area contributed by atoms with Crippen molar-refractivity contribution in [2.45, 2.75) is 38.3 Å². The Kier molecular flexibility index (Phi) is 4.21. The zero-order valence-electron chi connectivity index (χ0n) is 17.9. The maximum absolute atomic E-state index is 13.3. The van der Waals surface area contributed by atoms with E-state index in [1.807, 2.05) is 52.9 Å². The van der Waals surface area contributed by atoms with E-state index in [9.17, 15) is 4.79 Å². The maximum atomic E-state index is 13.3. The standard InChI is InChI=1S/C24H22N6O2/c1-14-11-26-19(13-25-14)24(31)29-15-7-8-20(29)17-12-27-23-10-18(28-30(23)21(17)9-15)16-5-3-4-6-22(16)32-2/h3-6,10-13,15,20H,7-9H2,1-2H3. The molecule has 1 amide bonds. The second-order valence-corrected chi connectivity index (χ2v) is 8.37. The van der Waals surface area contributed by atoms with Gasteiger partial charge in [0, 0.05) is 42.0 Å². The summed E-state index contributed by atoms with van der Waals surface area (Å²) in [6, 6.07) is 9.93. The lowest BCUT2D eigenvalue weighted by Gasteiger charge is -2.35. The van der Waals surface area contributed by atoms with E-state index in [2.05, 4.69) is 15.0 Å². The summed E-state index contributed by atoms with van der Waals surface area (Å²) >= 11 is 0. The molecule has 2 unspecified atom stereocenters. The van der Waals surface area contributed by atoms with Gasteiger partial charge >= 0.3 is 0 Å². The van der Waals surface area contributed by atoms with E-state index in [-0.39, 0.29) is 18.0 Å². The summed E-state index contributed by atoms with van der Waals surface area (Å²) in [6.45, 7) is 1.86. The Morgan fingerprint density at radius 2 is 1.97 bits per heavy atom. The first-order chi connectivity index (χ1) is 15.6. The molecule has 5 heterocycles. The summed E-state index contributed by atoms with van der Waals surface area (Å²) < 4.78 is 7.46. The van der Waals surface area contributed by atoms with Crippen LogP contribution in [0.15, 0.2) is 48.9 Å². The number of rotatable bonds is 3. The van der Waals surface area contributed by atoms with Crippen LogP contribution in [0.4, 0.5) is 0 Å². The highest BCUT2D eigenvalue weighted by Crippen LogP contribution is 2.44. The Balaban J connectivity index is 1.41. The number of hydrogen-bond acceptors (Lipinski definition) is 6. The van der Waals surface area contributed by atoms with Crippen molar-refractivity contribution in [1.82, 2.24) is 29.5 Å². The average molecular weight is 426 g/mol. The van der Waals surface area contributed by atoms with Gasteiger partial charge in [-0.3, -0.25) is 9.78 Å². The molecule has 2 aliphatic heterocycles. The third-order valence-corrected chi connectivity index (χ3v) is 6.52. The summed E-state index contributed by atoms with van der Waals surface area (Å²) in [5, 5.41) is 4.89. The molecule has 0 spiro atoms. The molecule has 2 bridgehead atoms. The Bertz CT molecular complexity index is 1350. The van der Waals surface area contributed by atoms with Gasteiger partial charge in [0.05, 0.1) is 36.4 Å². The van der Waals surface area contributed by atoms with Gasteiger partial charge in [-0.2, -0.15) is 5.10 Å². The quantitative estimate of drug-likeness (QED) is 0.499. The van der Waals surface area contributed by atoms with Crippen LogP contribution in [0.1, 0.15) is 46.3 Å². The van der Waals surface area contributed by atoms with Gasteiger partial charge < -0.3 is 9.64 Å². The molecule has 2 aliphatic rings. The molecular formula is C24H22N6O2. The van der Waals surface area contributed by atoms with Crippen molar-refractivity contribution in [3.63, 3.8) is 0 Å². The lowest BCUT2D eigenvalue weighted by Crippen LogP contribution is -2.43. The molecular weight excluding hydrogens is 404 g/mol. The lowest BCUT2D eigenvalue weighted by molar-refractivity contribution is 0.0636. The number of aryl methyl sites for hydroxylation is 1. The number of aromatic nitrogens is 5. The predicted molar refractivity (Wildman–Crippen MR) is 117 cm³/mol. The van der Waals surface area contributed by atoms with Crippen LogP contribution in [-0.2, 0) is 6.42 Å². The van der Waals surface area contributed by atoms with Gasteiger partial charge in [-0.1, -0.05) is 12.1 Å². The molecule has 1 aromatic carbocycles. The van der Waals surface area contributed by atoms with E-state index in [0.29, 0.717) is 5.69 Å². The first-order valence-electron chi connectivity index (χ1n) is 10.8. The Morgan fingerprint density at radius 3 is 2.78 bits per heavy atom. The van der Waals surface area contributed by atoms with Gasteiger partial charge in [0.2, 0.25) is 0 Å². The van der Waals surface area contributed by atoms with Crippen molar-refractivity contribution < 1.29 is 9.53 Å². The van der Waals surface area contributed by atoms with E-state index in [1.54, 1.807) is 19.5 Å². The highest BCUT2D eigenvalue weighted by molar-refractivity contribution is 5.93. The fraction of sp³-hybridized carbons (Fsp3) is 0.292. The van der Waals surface area contributed by atoms with E-state index < -0.39 is 0 Å². The van der Waals surface area contributed by atoms with E-state index in [1.165, 1.54) is 0 Å². The molecule has 0 N–H and O–H groups in total. The summed E-state index contributed by atoms with van der Waals surface area (Å²) in [4.78, 5) is 28.5. The van der Waals surface area contributed by atoms with Gasteiger partial charge in [-0.25, -0.2) is 14.5 Å². The molecule has 8 heteroatoms. The molecule has 0 saturated carbocycles. The number of ether oxygens (including phenoxy) is 1. The number of benzene rings is 1. The average Bonchev–Trinajstić information content (AvgIpc) is 3.40. The molecule has 4 aromatic rings. The molecule has 32 heavy (non-hydrogen) atoms. The highest BCUT2D eigenvalue weighted by atomic mass is 16.5. The van der Waals surface area contributed by atoms with E-state index >= 15 is 0 Å². The van der Waals surface area contributed by atoms with Crippen molar-refractivity contribution >= 4 is 11.6 Å². The summed E-state index contributed by atoms with van der Waals surface area (Å²) in [6.07, 6.45) is 7.72. The van der Waals surface area contributed by atoms with Crippen molar-refractivity contribution in [3.8, 4) is 17.0 Å². The molecule has 6 rings (SSSR count). The van der Waals surface area contributed by atoms with Crippen LogP contribution in [0.5, 0.6) is 5.75 Å². The van der Waals surface area contributed by atoms with Crippen molar-refractivity contribution in [2.24, 2.45) is 0 Å². The predicted octanol–water partition coefficient (Wildman–Crippen LogP) is 3.41. The molecule has 3 aromatic heterocycles. The fourth-order valence-electron chi connectivity index (χ4n) is 5.02. The number of hydrogen-bond donors (Lipinski definition) is 0. The van der Waals surface area contributed by atoms with Gasteiger partial charge in [-0.05, 0) is 31.9 Å². The zero-order chi connectivity index (χ0) is 21.8. The number of carbonyl (C=O) groups excluding carboxylic acids is 1.